The molecule has 1 N–H and O–H groups in total. The minimum absolute atomic E-state index is 0.280. The number of halogens is 1. The number of esters is 1. The third-order valence-corrected chi connectivity index (χ3v) is 3.11. The molecule has 5 heteroatoms. The maximum atomic E-state index is 11.1. The van der Waals surface area contributed by atoms with Crippen molar-refractivity contribution in [3.05, 3.63) is 20.8 Å². The van der Waals surface area contributed by atoms with Crippen molar-refractivity contribution in [2.45, 2.75) is 13.0 Å². The van der Waals surface area contributed by atoms with Crippen molar-refractivity contribution in [3.63, 3.8) is 0 Å². The lowest BCUT2D eigenvalue weighted by Crippen LogP contribution is -2.14. The molecule has 1 heterocycles. The van der Waals surface area contributed by atoms with E-state index in [1.165, 1.54) is 11.3 Å². The lowest BCUT2D eigenvalue weighted by atomic mass is 10.3. The van der Waals surface area contributed by atoms with Crippen molar-refractivity contribution >= 4 is 33.2 Å². The molecule has 3 nitrogen and oxygen atoms in total. The molecular formula is C8H9BrO3S. The summed E-state index contributed by atoms with van der Waals surface area (Å²) in [7, 11) is 0. The van der Waals surface area contributed by atoms with E-state index >= 15 is 0 Å². The van der Waals surface area contributed by atoms with Gasteiger partial charge in [-0.1, -0.05) is 0 Å². The highest BCUT2D eigenvalue weighted by atomic mass is 79.9. The molecule has 1 atom stereocenters. The van der Waals surface area contributed by atoms with Crippen LogP contribution in [-0.2, 0) is 9.53 Å². The van der Waals surface area contributed by atoms with E-state index in [0.717, 1.165) is 4.47 Å². The van der Waals surface area contributed by atoms with Crippen LogP contribution in [0.3, 0.4) is 0 Å². The molecular weight excluding hydrogens is 256 g/mol. The summed E-state index contributed by atoms with van der Waals surface area (Å²) >= 11 is 4.55. The topological polar surface area (TPSA) is 46.5 Å². The van der Waals surface area contributed by atoms with Gasteiger partial charge in [-0.3, -0.25) is 0 Å². The van der Waals surface area contributed by atoms with Gasteiger partial charge in [-0.05, 0) is 28.9 Å². The Morgan fingerprint density at radius 3 is 3.00 bits per heavy atom. The Hall–Kier alpha value is -0.390. The van der Waals surface area contributed by atoms with Crippen molar-refractivity contribution in [1.29, 1.82) is 0 Å². The number of aliphatic hydroxyl groups excluding tert-OH is 1. The Morgan fingerprint density at radius 2 is 2.54 bits per heavy atom. The number of carbonyl (C=O) groups is 1. The zero-order valence-corrected chi connectivity index (χ0v) is 9.39. The van der Waals surface area contributed by atoms with Crippen LogP contribution in [0.5, 0.6) is 0 Å². The van der Waals surface area contributed by atoms with Crippen molar-refractivity contribution in [2.75, 3.05) is 6.61 Å². The molecule has 1 rings (SSSR count). The van der Waals surface area contributed by atoms with Crippen LogP contribution >= 0.6 is 27.3 Å². The van der Waals surface area contributed by atoms with Crippen LogP contribution in [0, 0.1) is 0 Å². The number of ether oxygens (including phenoxy) is 1. The smallest absolute Gasteiger partial charge is 0.340 e. The maximum absolute atomic E-state index is 11.1. The van der Waals surface area contributed by atoms with Gasteiger partial charge in [-0.2, -0.15) is 0 Å². The standard InChI is InChI=1S/C8H9BrO3S/c1-2-12-8(11)7(10)6-3-5(9)4-13-6/h3-4,7,10H,2H2,1H3. The third kappa shape index (κ3) is 2.79. The van der Waals surface area contributed by atoms with E-state index < -0.39 is 12.1 Å². The first-order valence-corrected chi connectivity index (χ1v) is 5.41. The quantitative estimate of drug-likeness (QED) is 0.851. The Balaban J connectivity index is 2.67. The Bertz CT molecular complexity index is 297. The highest BCUT2D eigenvalue weighted by Gasteiger charge is 2.19. The Morgan fingerprint density at radius 1 is 1.85 bits per heavy atom. The molecule has 1 aromatic rings. The highest BCUT2D eigenvalue weighted by molar-refractivity contribution is 9.10. The second kappa shape index (κ2) is 4.74. The molecule has 72 valence electrons. The summed E-state index contributed by atoms with van der Waals surface area (Å²) < 4.78 is 5.53. The molecule has 0 radical (unpaired) electrons. The van der Waals surface area contributed by atoms with Gasteiger partial charge >= 0.3 is 5.97 Å². The molecule has 0 spiro atoms. The summed E-state index contributed by atoms with van der Waals surface area (Å²) in [5.74, 6) is -0.600. The normalized spacial score (nSPS) is 12.5. The molecule has 0 aliphatic heterocycles. The molecule has 0 saturated heterocycles. The van der Waals surface area contributed by atoms with Crippen LogP contribution in [0.25, 0.3) is 0 Å². The van der Waals surface area contributed by atoms with Crippen LogP contribution in [-0.4, -0.2) is 17.7 Å². The van der Waals surface area contributed by atoms with Crippen molar-refractivity contribution < 1.29 is 14.6 Å². The van der Waals surface area contributed by atoms with Crippen LogP contribution < -0.4 is 0 Å². The van der Waals surface area contributed by atoms with E-state index in [-0.39, 0.29) is 6.61 Å². The number of rotatable bonds is 3. The molecule has 0 aliphatic rings. The fourth-order valence-corrected chi connectivity index (χ4v) is 2.22. The molecule has 13 heavy (non-hydrogen) atoms. The maximum Gasteiger partial charge on any atom is 0.340 e. The first-order chi connectivity index (χ1) is 6.15. The van der Waals surface area contributed by atoms with Gasteiger partial charge in [0.25, 0.3) is 0 Å². The number of hydrogen-bond acceptors (Lipinski definition) is 4. The molecule has 0 amide bonds. The molecule has 1 unspecified atom stereocenters. The summed E-state index contributed by atoms with van der Waals surface area (Å²) in [6.07, 6.45) is -1.16. The van der Waals surface area contributed by atoms with E-state index in [1.807, 2.05) is 0 Å². The minimum atomic E-state index is -1.16. The van der Waals surface area contributed by atoms with Crippen molar-refractivity contribution in [1.82, 2.24) is 0 Å². The van der Waals surface area contributed by atoms with E-state index in [4.69, 9.17) is 0 Å². The van der Waals surface area contributed by atoms with Crippen molar-refractivity contribution in [3.8, 4) is 0 Å². The fourth-order valence-electron chi connectivity index (χ4n) is 0.809. The molecule has 0 aliphatic carbocycles. The fraction of sp³-hybridized carbons (Fsp3) is 0.375. The summed E-state index contributed by atoms with van der Waals surface area (Å²) in [5.41, 5.74) is 0. The molecule has 1 aromatic heterocycles. The Kier molecular flexibility index (Phi) is 3.90. The van der Waals surface area contributed by atoms with Gasteiger partial charge in [0.15, 0.2) is 6.10 Å². The van der Waals surface area contributed by atoms with Gasteiger partial charge in [0.05, 0.1) is 6.61 Å². The zero-order chi connectivity index (χ0) is 9.84. The van der Waals surface area contributed by atoms with Gasteiger partial charge < -0.3 is 9.84 Å². The summed E-state index contributed by atoms with van der Waals surface area (Å²) in [4.78, 5) is 11.7. The van der Waals surface area contributed by atoms with Crippen LogP contribution in [0.15, 0.2) is 15.9 Å². The van der Waals surface area contributed by atoms with Gasteiger partial charge in [0.1, 0.15) is 0 Å². The van der Waals surface area contributed by atoms with Gasteiger partial charge in [-0.25, -0.2) is 4.79 Å². The van der Waals surface area contributed by atoms with Gasteiger partial charge in [-0.15, -0.1) is 11.3 Å². The number of aliphatic hydroxyl groups is 1. The van der Waals surface area contributed by atoms with Crippen LogP contribution in [0.2, 0.25) is 0 Å². The first-order valence-electron chi connectivity index (χ1n) is 3.73. The average Bonchev–Trinajstić information content (AvgIpc) is 2.51. The summed E-state index contributed by atoms with van der Waals surface area (Å²) in [6, 6.07) is 1.70. The SMILES string of the molecule is CCOC(=O)C(O)c1cc(Br)cs1. The summed E-state index contributed by atoms with van der Waals surface area (Å²) in [6.45, 7) is 1.98. The number of hydrogen-bond donors (Lipinski definition) is 1. The third-order valence-electron chi connectivity index (χ3n) is 1.37. The predicted octanol–water partition coefficient (Wildman–Crippen LogP) is 2.11. The monoisotopic (exact) mass is 264 g/mol. The molecule has 0 bridgehead atoms. The van der Waals surface area contributed by atoms with E-state index in [0.29, 0.717) is 4.88 Å². The lowest BCUT2D eigenvalue weighted by molar-refractivity contribution is -0.153. The zero-order valence-electron chi connectivity index (χ0n) is 6.99. The Labute approximate surface area is 88.5 Å². The highest BCUT2D eigenvalue weighted by Crippen LogP contribution is 2.26. The summed E-state index contributed by atoms with van der Waals surface area (Å²) in [5, 5.41) is 11.3. The van der Waals surface area contributed by atoms with E-state index in [9.17, 15) is 9.90 Å². The van der Waals surface area contributed by atoms with Crippen LogP contribution in [0.1, 0.15) is 17.9 Å². The largest absolute Gasteiger partial charge is 0.464 e. The van der Waals surface area contributed by atoms with Crippen molar-refractivity contribution in [2.24, 2.45) is 0 Å². The number of thiophene rings is 1. The van der Waals surface area contributed by atoms with Crippen LogP contribution in [0.4, 0.5) is 0 Å². The molecule has 0 aromatic carbocycles. The first kappa shape index (κ1) is 10.7. The minimum Gasteiger partial charge on any atom is -0.464 e. The average molecular weight is 265 g/mol. The van der Waals surface area contributed by atoms with Gasteiger partial charge in [0, 0.05) is 14.7 Å². The predicted molar refractivity (Wildman–Crippen MR) is 53.6 cm³/mol. The van der Waals surface area contributed by atoms with E-state index in [2.05, 4.69) is 20.7 Å². The van der Waals surface area contributed by atoms with E-state index in [1.54, 1.807) is 18.4 Å². The second-order valence-corrected chi connectivity index (χ2v) is 4.18. The second-order valence-electron chi connectivity index (χ2n) is 2.32. The molecule has 0 saturated carbocycles. The lowest BCUT2D eigenvalue weighted by Gasteiger charge is -2.06. The van der Waals surface area contributed by atoms with Gasteiger partial charge in [0.2, 0.25) is 0 Å². The number of carbonyl (C=O) groups excluding carboxylic acids is 1. The molecule has 0 fully saturated rings.